The summed E-state index contributed by atoms with van der Waals surface area (Å²) < 4.78 is 5.80. The minimum absolute atomic E-state index is 0.0681. The van der Waals surface area contributed by atoms with Gasteiger partial charge in [-0.15, -0.1) is 0 Å². The zero-order chi connectivity index (χ0) is 15.8. The molecule has 0 bridgehead atoms. The second-order valence-electron chi connectivity index (χ2n) is 7.46. The summed E-state index contributed by atoms with van der Waals surface area (Å²) in [5.41, 5.74) is -0.520. The van der Waals surface area contributed by atoms with Crippen LogP contribution in [0.4, 0.5) is 0 Å². The minimum atomic E-state index is -1.27. The Bertz CT molecular complexity index is 474. The van der Waals surface area contributed by atoms with E-state index in [1.54, 1.807) is 6.92 Å². The Morgan fingerprint density at radius 1 is 0.950 bits per heavy atom. The molecule has 0 spiro atoms. The fourth-order valence-electron chi connectivity index (χ4n) is 1.78. The molecule has 1 N–H and O–H groups in total. The van der Waals surface area contributed by atoms with E-state index in [9.17, 15) is 9.90 Å². The number of ether oxygens (including phenoxy) is 1. The predicted molar refractivity (Wildman–Crippen MR) is 81.3 cm³/mol. The van der Waals surface area contributed by atoms with Gasteiger partial charge in [0.05, 0.1) is 0 Å². The zero-order valence-electron chi connectivity index (χ0n) is 13.6. The highest BCUT2D eigenvalue weighted by atomic mass is 16.5. The molecule has 0 aromatic heterocycles. The molecule has 0 aliphatic heterocycles. The van der Waals surface area contributed by atoms with Crippen LogP contribution in [0.3, 0.4) is 0 Å². The number of hydrogen-bond acceptors (Lipinski definition) is 2. The van der Waals surface area contributed by atoms with Crippen molar-refractivity contribution >= 4 is 5.97 Å². The lowest BCUT2D eigenvalue weighted by molar-refractivity contribution is -0.163. The molecule has 1 unspecified atom stereocenters. The van der Waals surface area contributed by atoms with Gasteiger partial charge in [-0.25, -0.2) is 4.79 Å². The molecule has 0 saturated carbocycles. The van der Waals surface area contributed by atoms with Crippen LogP contribution in [-0.2, 0) is 10.2 Å². The Labute approximate surface area is 122 Å². The van der Waals surface area contributed by atoms with E-state index in [0.717, 1.165) is 0 Å². The van der Waals surface area contributed by atoms with E-state index in [1.807, 2.05) is 45.0 Å². The highest BCUT2D eigenvalue weighted by Crippen LogP contribution is 2.35. The van der Waals surface area contributed by atoms with E-state index < -0.39 is 17.0 Å². The predicted octanol–water partition coefficient (Wildman–Crippen LogP) is 4.25. The molecular formula is C17H26O3. The summed E-state index contributed by atoms with van der Waals surface area (Å²) in [7, 11) is 0. The Morgan fingerprint density at radius 2 is 1.40 bits per heavy atom. The Hall–Kier alpha value is -1.51. The van der Waals surface area contributed by atoms with Crippen molar-refractivity contribution < 1.29 is 14.6 Å². The summed E-state index contributed by atoms with van der Waals surface area (Å²) in [6.07, 6.45) is 0. The fraction of sp³-hybridized carbons (Fsp3) is 0.588. The van der Waals surface area contributed by atoms with Crippen molar-refractivity contribution in [1.29, 1.82) is 0 Å². The lowest BCUT2D eigenvalue weighted by Gasteiger charge is -2.38. The van der Waals surface area contributed by atoms with Crippen LogP contribution in [0.25, 0.3) is 0 Å². The monoisotopic (exact) mass is 278 g/mol. The standard InChI is InChI=1S/C17H26O3/c1-15(2,3)12-8-10-13(11-9-12)20-17(7,14(18)19)16(4,5)6/h8-11H,1-7H3,(H,18,19). The summed E-state index contributed by atoms with van der Waals surface area (Å²) in [4.78, 5) is 11.6. The molecule has 0 aliphatic rings. The molecule has 1 aromatic rings. The molecule has 0 fully saturated rings. The van der Waals surface area contributed by atoms with E-state index >= 15 is 0 Å². The smallest absolute Gasteiger partial charge is 0.348 e. The SMILES string of the molecule is CC(C)(C)c1ccc(OC(C)(C(=O)O)C(C)(C)C)cc1. The molecule has 112 valence electrons. The largest absolute Gasteiger partial charge is 0.478 e. The maximum atomic E-state index is 11.6. The van der Waals surface area contributed by atoms with Gasteiger partial charge in [0.2, 0.25) is 5.60 Å². The highest BCUT2D eigenvalue weighted by molar-refractivity contribution is 5.78. The average molecular weight is 278 g/mol. The molecule has 3 heteroatoms. The van der Waals surface area contributed by atoms with Gasteiger partial charge in [-0.05, 0) is 30.0 Å². The summed E-state index contributed by atoms with van der Waals surface area (Å²) in [5.74, 6) is -0.372. The van der Waals surface area contributed by atoms with Gasteiger partial charge in [0.25, 0.3) is 0 Å². The summed E-state index contributed by atoms with van der Waals surface area (Å²) in [6.45, 7) is 13.6. The molecule has 1 atom stereocenters. The van der Waals surface area contributed by atoms with Gasteiger partial charge in [-0.1, -0.05) is 53.7 Å². The summed E-state index contributed by atoms with van der Waals surface area (Å²) in [5, 5.41) is 9.49. The maximum Gasteiger partial charge on any atom is 0.348 e. The van der Waals surface area contributed by atoms with Crippen LogP contribution >= 0.6 is 0 Å². The second kappa shape index (κ2) is 5.12. The topological polar surface area (TPSA) is 46.5 Å². The molecule has 3 nitrogen and oxygen atoms in total. The van der Waals surface area contributed by atoms with Crippen molar-refractivity contribution in [2.45, 2.75) is 59.5 Å². The third kappa shape index (κ3) is 3.33. The van der Waals surface area contributed by atoms with Crippen molar-refractivity contribution in [2.75, 3.05) is 0 Å². The molecule has 20 heavy (non-hydrogen) atoms. The normalized spacial score (nSPS) is 15.6. The first-order valence-corrected chi connectivity index (χ1v) is 6.91. The van der Waals surface area contributed by atoms with Crippen LogP contribution in [0.15, 0.2) is 24.3 Å². The van der Waals surface area contributed by atoms with Gasteiger partial charge in [0.1, 0.15) is 5.75 Å². The van der Waals surface area contributed by atoms with Gasteiger partial charge < -0.3 is 9.84 Å². The number of benzene rings is 1. The quantitative estimate of drug-likeness (QED) is 0.899. The van der Waals surface area contributed by atoms with Crippen LogP contribution in [0.5, 0.6) is 5.75 Å². The van der Waals surface area contributed by atoms with E-state index in [2.05, 4.69) is 20.8 Å². The van der Waals surface area contributed by atoms with Crippen LogP contribution < -0.4 is 4.74 Å². The van der Waals surface area contributed by atoms with Crippen molar-refractivity contribution in [3.05, 3.63) is 29.8 Å². The van der Waals surface area contributed by atoms with Crippen molar-refractivity contribution in [3.8, 4) is 5.75 Å². The second-order valence-corrected chi connectivity index (χ2v) is 7.46. The summed E-state index contributed by atoms with van der Waals surface area (Å²) in [6, 6.07) is 7.65. The van der Waals surface area contributed by atoms with E-state index in [-0.39, 0.29) is 5.41 Å². The fourth-order valence-corrected chi connectivity index (χ4v) is 1.78. The zero-order valence-corrected chi connectivity index (χ0v) is 13.6. The van der Waals surface area contributed by atoms with Gasteiger partial charge in [-0.2, -0.15) is 0 Å². The van der Waals surface area contributed by atoms with Crippen LogP contribution in [0, 0.1) is 5.41 Å². The Kier molecular flexibility index (Phi) is 4.23. The number of carbonyl (C=O) groups is 1. The third-order valence-electron chi connectivity index (χ3n) is 3.88. The lowest BCUT2D eigenvalue weighted by atomic mass is 9.77. The Balaban J connectivity index is 3.06. The molecule has 0 aliphatic carbocycles. The van der Waals surface area contributed by atoms with Crippen LogP contribution in [0.2, 0.25) is 0 Å². The van der Waals surface area contributed by atoms with Crippen LogP contribution in [-0.4, -0.2) is 16.7 Å². The molecule has 0 saturated heterocycles. The number of rotatable bonds is 3. The first-order chi connectivity index (χ1) is 8.88. The average Bonchev–Trinajstić information content (AvgIpc) is 2.26. The molecular weight excluding hydrogens is 252 g/mol. The molecule has 1 rings (SSSR count). The number of aliphatic carboxylic acids is 1. The number of hydrogen-bond donors (Lipinski definition) is 1. The van der Waals surface area contributed by atoms with Gasteiger partial charge in [0, 0.05) is 5.41 Å². The number of carboxylic acid groups (broad SMARTS) is 1. The molecule has 1 aromatic carbocycles. The van der Waals surface area contributed by atoms with Gasteiger partial charge in [-0.3, -0.25) is 0 Å². The summed E-state index contributed by atoms with van der Waals surface area (Å²) >= 11 is 0. The van der Waals surface area contributed by atoms with Crippen molar-refractivity contribution in [1.82, 2.24) is 0 Å². The minimum Gasteiger partial charge on any atom is -0.478 e. The Morgan fingerprint density at radius 3 is 1.70 bits per heavy atom. The molecule has 0 amide bonds. The first-order valence-electron chi connectivity index (χ1n) is 6.91. The van der Waals surface area contributed by atoms with E-state index in [4.69, 9.17) is 4.74 Å². The van der Waals surface area contributed by atoms with Crippen molar-refractivity contribution in [3.63, 3.8) is 0 Å². The highest BCUT2D eigenvalue weighted by Gasteiger charge is 2.47. The number of carboxylic acids is 1. The van der Waals surface area contributed by atoms with E-state index in [1.165, 1.54) is 5.56 Å². The van der Waals surface area contributed by atoms with Gasteiger partial charge >= 0.3 is 5.97 Å². The van der Waals surface area contributed by atoms with Crippen molar-refractivity contribution in [2.24, 2.45) is 5.41 Å². The molecule has 0 heterocycles. The lowest BCUT2D eigenvalue weighted by Crippen LogP contribution is -2.52. The van der Waals surface area contributed by atoms with Gasteiger partial charge in [0.15, 0.2) is 0 Å². The third-order valence-corrected chi connectivity index (χ3v) is 3.88. The molecule has 0 radical (unpaired) electrons. The van der Waals surface area contributed by atoms with Crippen LogP contribution in [0.1, 0.15) is 54.0 Å². The first kappa shape index (κ1) is 16.5. The van der Waals surface area contributed by atoms with E-state index in [0.29, 0.717) is 5.75 Å². The maximum absolute atomic E-state index is 11.6.